The summed E-state index contributed by atoms with van der Waals surface area (Å²) in [5.74, 6) is 0. The summed E-state index contributed by atoms with van der Waals surface area (Å²) in [4.78, 5) is 2.38. The van der Waals surface area contributed by atoms with Gasteiger partial charge in [-0.25, -0.2) is 0 Å². The second-order valence-electron chi connectivity index (χ2n) is 15.3. The number of hydrogen-bond donors (Lipinski definition) is 0. The van der Waals surface area contributed by atoms with E-state index in [1.165, 1.54) is 69.7 Å². The zero-order chi connectivity index (χ0) is 38.9. The average Bonchev–Trinajstić information content (AvgIpc) is 3.89. The second kappa shape index (κ2) is 13.6. The predicted octanol–water partition coefficient (Wildman–Crippen LogP) is 16.7. The zero-order valence-electron chi connectivity index (χ0n) is 32.0. The van der Waals surface area contributed by atoms with Gasteiger partial charge in [-0.1, -0.05) is 152 Å². The first-order valence-electron chi connectivity index (χ1n) is 20.1. The quantitative estimate of drug-likeness (QED) is 0.167. The standard InChI is InChI=1S/C56H35NOS/c1-2-12-40-35-43(23-22-36(40)10-1)42-14-7-13-41(34-42)37-24-29-44(30-25-37)57(51-19-9-20-52-54(51)50-33-28-38-11-3-4-15-46(38)55(50)58-52)45-31-26-39(27-32-45)47-17-8-18-49-48-16-5-6-21-53(48)59-56(47)49/h1-35H. The zero-order valence-corrected chi connectivity index (χ0v) is 32.8. The van der Waals surface area contributed by atoms with Gasteiger partial charge in [0, 0.05) is 42.3 Å². The number of thiophene rings is 1. The number of anilines is 3. The Morgan fingerprint density at radius 2 is 0.983 bits per heavy atom. The maximum absolute atomic E-state index is 6.69. The molecule has 0 radical (unpaired) electrons. The van der Waals surface area contributed by atoms with Crippen LogP contribution in [0, 0.1) is 0 Å². The summed E-state index contributed by atoms with van der Waals surface area (Å²) in [5.41, 5.74) is 12.2. The molecule has 0 aliphatic carbocycles. The molecule has 2 heterocycles. The minimum Gasteiger partial charge on any atom is -0.455 e. The number of furan rings is 1. The van der Waals surface area contributed by atoms with Gasteiger partial charge in [0.05, 0.1) is 11.1 Å². The van der Waals surface area contributed by atoms with Gasteiger partial charge in [-0.2, -0.15) is 0 Å². The number of rotatable bonds is 6. The minimum atomic E-state index is 0.869. The first kappa shape index (κ1) is 33.7. The van der Waals surface area contributed by atoms with Gasteiger partial charge in [0.25, 0.3) is 0 Å². The van der Waals surface area contributed by atoms with Gasteiger partial charge < -0.3 is 9.32 Å². The van der Waals surface area contributed by atoms with E-state index >= 15 is 0 Å². The summed E-state index contributed by atoms with van der Waals surface area (Å²) in [6.45, 7) is 0. The molecule has 0 unspecified atom stereocenters. The lowest BCUT2D eigenvalue weighted by molar-refractivity contribution is 0.672. The molecule has 2 nitrogen and oxygen atoms in total. The molecule has 0 fully saturated rings. The molecule has 0 saturated carbocycles. The van der Waals surface area contributed by atoms with Gasteiger partial charge in [-0.15, -0.1) is 11.3 Å². The molecule has 0 spiro atoms. The predicted molar refractivity (Wildman–Crippen MR) is 253 cm³/mol. The van der Waals surface area contributed by atoms with E-state index < -0.39 is 0 Å². The van der Waals surface area contributed by atoms with E-state index in [2.05, 4.69) is 217 Å². The van der Waals surface area contributed by atoms with Crippen LogP contribution in [-0.2, 0) is 0 Å². The van der Waals surface area contributed by atoms with Crippen LogP contribution in [0.2, 0.25) is 0 Å². The van der Waals surface area contributed by atoms with E-state index in [0.29, 0.717) is 0 Å². The molecule has 0 aliphatic rings. The summed E-state index contributed by atoms with van der Waals surface area (Å²) < 4.78 is 9.33. The molecule has 10 aromatic carbocycles. The van der Waals surface area contributed by atoms with Crippen molar-refractivity contribution in [2.24, 2.45) is 0 Å². The molecule has 12 aromatic rings. The number of fused-ring (bicyclic) bond motifs is 9. The van der Waals surface area contributed by atoms with E-state index in [1.807, 2.05) is 11.3 Å². The highest BCUT2D eigenvalue weighted by atomic mass is 32.1. The highest BCUT2D eigenvalue weighted by molar-refractivity contribution is 7.26. The molecule has 2 aromatic heterocycles. The van der Waals surface area contributed by atoms with Crippen LogP contribution in [0.25, 0.3) is 97.0 Å². The van der Waals surface area contributed by atoms with Crippen molar-refractivity contribution in [3.8, 4) is 33.4 Å². The minimum absolute atomic E-state index is 0.869. The number of benzene rings is 10. The molecule has 0 atom stereocenters. The molecule has 0 N–H and O–H groups in total. The fraction of sp³-hybridized carbons (Fsp3) is 0. The van der Waals surface area contributed by atoms with Crippen molar-refractivity contribution < 1.29 is 4.42 Å². The Morgan fingerprint density at radius 3 is 1.81 bits per heavy atom. The molecule has 12 rings (SSSR count). The van der Waals surface area contributed by atoms with Crippen molar-refractivity contribution in [2.45, 2.75) is 0 Å². The molecule has 0 amide bonds. The third kappa shape index (κ3) is 5.62. The molecule has 59 heavy (non-hydrogen) atoms. The first-order chi connectivity index (χ1) is 29.2. The van der Waals surface area contributed by atoms with Gasteiger partial charge >= 0.3 is 0 Å². The summed E-state index contributed by atoms with van der Waals surface area (Å²) in [5, 5.41) is 9.61. The average molecular weight is 770 g/mol. The third-order valence-electron chi connectivity index (χ3n) is 11.9. The summed E-state index contributed by atoms with van der Waals surface area (Å²) in [7, 11) is 0. The van der Waals surface area contributed by atoms with Crippen molar-refractivity contribution in [1.82, 2.24) is 0 Å². The van der Waals surface area contributed by atoms with Crippen molar-refractivity contribution in [3.05, 3.63) is 212 Å². The maximum Gasteiger partial charge on any atom is 0.143 e. The van der Waals surface area contributed by atoms with Crippen molar-refractivity contribution >= 4 is 92.1 Å². The van der Waals surface area contributed by atoms with Gasteiger partial charge in [-0.05, 0) is 110 Å². The fourth-order valence-corrected chi connectivity index (χ4v) is 10.2. The van der Waals surface area contributed by atoms with E-state index in [-0.39, 0.29) is 0 Å². The first-order valence-corrected chi connectivity index (χ1v) is 20.9. The lowest BCUT2D eigenvalue weighted by Gasteiger charge is -2.26. The molecule has 276 valence electrons. The number of hydrogen-bond acceptors (Lipinski definition) is 3. The monoisotopic (exact) mass is 769 g/mol. The maximum atomic E-state index is 6.69. The number of nitrogens with zero attached hydrogens (tertiary/aromatic N) is 1. The van der Waals surface area contributed by atoms with Gasteiger partial charge in [0.1, 0.15) is 11.2 Å². The van der Waals surface area contributed by atoms with Crippen LogP contribution in [0.1, 0.15) is 0 Å². The van der Waals surface area contributed by atoms with Crippen molar-refractivity contribution in [2.75, 3.05) is 4.90 Å². The topological polar surface area (TPSA) is 16.4 Å². The van der Waals surface area contributed by atoms with Gasteiger partial charge in [0.15, 0.2) is 0 Å². The highest BCUT2D eigenvalue weighted by Gasteiger charge is 2.21. The van der Waals surface area contributed by atoms with Crippen LogP contribution in [-0.4, -0.2) is 0 Å². The Bertz CT molecular complexity index is 3560. The summed E-state index contributed by atoms with van der Waals surface area (Å²) in [6.07, 6.45) is 0. The van der Waals surface area contributed by atoms with Crippen LogP contribution in [0.15, 0.2) is 217 Å². The van der Waals surface area contributed by atoms with Gasteiger partial charge in [0.2, 0.25) is 0 Å². The lowest BCUT2D eigenvalue weighted by Crippen LogP contribution is -2.10. The Hall–Kier alpha value is -7.46. The second-order valence-corrected chi connectivity index (χ2v) is 16.3. The third-order valence-corrected chi connectivity index (χ3v) is 13.1. The van der Waals surface area contributed by atoms with Crippen LogP contribution < -0.4 is 4.90 Å². The lowest BCUT2D eigenvalue weighted by atomic mass is 9.97. The van der Waals surface area contributed by atoms with Crippen LogP contribution in [0.4, 0.5) is 17.1 Å². The largest absolute Gasteiger partial charge is 0.455 e. The summed E-state index contributed by atoms with van der Waals surface area (Å²) in [6, 6.07) is 76.9. The van der Waals surface area contributed by atoms with E-state index in [0.717, 1.165) is 44.4 Å². The molecule has 0 saturated heterocycles. The molecular weight excluding hydrogens is 735 g/mol. The van der Waals surface area contributed by atoms with E-state index in [9.17, 15) is 0 Å². The fourth-order valence-electron chi connectivity index (χ4n) is 8.96. The highest BCUT2D eigenvalue weighted by Crippen LogP contribution is 2.46. The molecule has 0 bridgehead atoms. The molecule has 3 heteroatoms. The Kier molecular flexibility index (Phi) is 7.75. The molecular formula is C56H35NOS. The van der Waals surface area contributed by atoms with Crippen molar-refractivity contribution in [1.29, 1.82) is 0 Å². The smallest absolute Gasteiger partial charge is 0.143 e. The normalized spacial score (nSPS) is 11.7. The van der Waals surface area contributed by atoms with Gasteiger partial charge in [-0.3, -0.25) is 0 Å². The van der Waals surface area contributed by atoms with E-state index in [4.69, 9.17) is 4.42 Å². The Balaban J connectivity index is 0.986. The van der Waals surface area contributed by atoms with Crippen LogP contribution >= 0.6 is 11.3 Å². The summed E-state index contributed by atoms with van der Waals surface area (Å²) >= 11 is 1.87. The van der Waals surface area contributed by atoms with Crippen LogP contribution in [0.3, 0.4) is 0 Å². The van der Waals surface area contributed by atoms with Crippen molar-refractivity contribution in [3.63, 3.8) is 0 Å². The van der Waals surface area contributed by atoms with Crippen LogP contribution in [0.5, 0.6) is 0 Å². The Morgan fingerprint density at radius 1 is 0.373 bits per heavy atom. The SMILES string of the molecule is c1cc(-c2ccc(N(c3ccc(-c4cccc5c4sc4ccccc45)cc3)c3cccc4oc5c6ccccc6ccc5c34)cc2)cc(-c2ccc3ccccc3c2)c1. The molecule has 0 aliphatic heterocycles. The van der Waals surface area contributed by atoms with E-state index in [1.54, 1.807) is 0 Å². The Labute approximate surface area is 345 Å².